The van der Waals surface area contributed by atoms with E-state index in [9.17, 15) is 4.79 Å². The summed E-state index contributed by atoms with van der Waals surface area (Å²) in [5.74, 6) is 0.120. The second kappa shape index (κ2) is 3.33. The third kappa shape index (κ3) is 1.25. The van der Waals surface area contributed by atoms with Gasteiger partial charge in [-0.1, -0.05) is 12.1 Å². The number of nitrogens with one attached hydrogen (secondary N) is 1. The van der Waals surface area contributed by atoms with Gasteiger partial charge in [-0.05, 0) is 26.0 Å². The molecule has 1 aromatic rings. The molecule has 1 N–H and O–H groups in total. The summed E-state index contributed by atoms with van der Waals surface area (Å²) in [5, 5.41) is 3.30. The summed E-state index contributed by atoms with van der Waals surface area (Å²) in [6, 6.07) is 7.63. The standard InChI is InChI=1S/C11H14N2O/c1-3-13-8(2)12-10-7-5-4-6-9(10)11(13)14/h4-8,12H,3H2,1-2H3. The molecule has 3 nitrogen and oxygen atoms in total. The van der Waals surface area contributed by atoms with Crippen LogP contribution in [-0.2, 0) is 0 Å². The minimum atomic E-state index is 0.0856. The lowest BCUT2D eigenvalue weighted by atomic mass is 10.1. The maximum atomic E-state index is 11.9. The van der Waals surface area contributed by atoms with Crippen molar-refractivity contribution < 1.29 is 4.79 Å². The van der Waals surface area contributed by atoms with Crippen LogP contribution in [0.25, 0.3) is 0 Å². The van der Waals surface area contributed by atoms with Crippen LogP contribution in [0.15, 0.2) is 24.3 Å². The van der Waals surface area contributed by atoms with Crippen LogP contribution in [0.3, 0.4) is 0 Å². The highest BCUT2D eigenvalue weighted by Gasteiger charge is 2.27. The number of hydrogen-bond donors (Lipinski definition) is 1. The van der Waals surface area contributed by atoms with Crippen molar-refractivity contribution in [2.24, 2.45) is 0 Å². The van der Waals surface area contributed by atoms with Gasteiger partial charge in [-0.25, -0.2) is 0 Å². The Bertz CT molecular complexity index is 362. The van der Waals surface area contributed by atoms with Crippen molar-refractivity contribution in [1.29, 1.82) is 0 Å². The molecule has 2 rings (SSSR count). The summed E-state index contributed by atoms with van der Waals surface area (Å²) in [4.78, 5) is 13.8. The molecule has 1 atom stereocenters. The lowest BCUT2D eigenvalue weighted by Gasteiger charge is -2.35. The van der Waals surface area contributed by atoms with Gasteiger partial charge in [-0.3, -0.25) is 4.79 Å². The third-order valence-corrected chi connectivity index (χ3v) is 2.59. The molecular weight excluding hydrogens is 176 g/mol. The average Bonchev–Trinajstić information content (AvgIpc) is 2.18. The Kier molecular flexibility index (Phi) is 2.15. The molecular formula is C11H14N2O. The lowest BCUT2D eigenvalue weighted by molar-refractivity contribution is 0.0709. The largest absolute Gasteiger partial charge is 0.365 e. The van der Waals surface area contributed by atoms with Crippen molar-refractivity contribution in [3.05, 3.63) is 29.8 Å². The highest BCUT2D eigenvalue weighted by Crippen LogP contribution is 2.24. The summed E-state index contributed by atoms with van der Waals surface area (Å²) in [7, 11) is 0. The predicted molar refractivity (Wildman–Crippen MR) is 56.2 cm³/mol. The van der Waals surface area contributed by atoms with Crippen LogP contribution in [0, 0.1) is 0 Å². The fourth-order valence-corrected chi connectivity index (χ4v) is 1.85. The molecule has 0 aliphatic carbocycles. The molecule has 1 aliphatic rings. The van der Waals surface area contributed by atoms with Gasteiger partial charge in [0.15, 0.2) is 0 Å². The van der Waals surface area contributed by atoms with Crippen molar-refractivity contribution >= 4 is 11.6 Å². The molecule has 1 unspecified atom stereocenters. The van der Waals surface area contributed by atoms with Crippen molar-refractivity contribution in [1.82, 2.24) is 4.90 Å². The van der Waals surface area contributed by atoms with E-state index < -0.39 is 0 Å². The molecule has 0 fully saturated rings. The fourth-order valence-electron chi connectivity index (χ4n) is 1.85. The van der Waals surface area contributed by atoms with E-state index in [0.29, 0.717) is 0 Å². The van der Waals surface area contributed by atoms with Gasteiger partial charge in [0.2, 0.25) is 0 Å². The van der Waals surface area contributed by atoms with E-state index in [2.05, 4.69) is 5.32 Å². The normalized spacial score (nSPS) is 20.3. The molecule has 14 heavy (non-hydrogen) atoms. The molecule has 0 saturated carbocycles. The number of rotatable bonds is 1. The quantitative estimate of drug-likeness (QED) is 0.733. The number of hydrogen-bond acceptors (Lipinski definition) is 2. The maximum Gasteiger partial charge on any atom is 0.257 e. The summed E-state index contributed by atoms with van der Waals surface area (Å²) in [5.41, 5.74) is 1.71. The van der Waals surface area contributed by atoms with E-state index in [1.165, 1.54) is 0 Å². The Labute approximate surface area is 83.7 Å². The van der Waals surface area contributed by atoms with Crippen LogP contribution in [0.2, 0.25) is 0 Å². The Morgan fingerprint density at radius 1 is 1.43 bits per heavy atom. The zero-order valence-corrected chi connectivity index (χ0v) is 8.45. The molecule has 1 heterocycles. The maximum absolute atomic E-state index is 11.9. The second-order valence-electron chi connectivity index (χ2n) is 3.46. The number of carbonyl (C=O) groups excluding carboxylic acids is 1. The topological polar surface area (TPSA) is 32.3 Å². The minimum absolute atomic E-state index is 0.0856. The first-order valence-electron chi connectivity index (χ1n) is 4.90. The molecule has 0 saturated heterocycles. The first-order chi connectivity index (χ1) is 6.74. The Balaban J connectivity index is 2.43. The molecule has 0 aromatic heterocycles. The zero-order valence-electron chi connectivity index (χ0n) is 8.45. The third-order valence-electron chi connectivity index (χ3n) is 2.59. The molecule has 0 bridgehead atoms. The molecule has 0 radical (unpaired) electrons. The Morgan fingerprint density at radius 3 is 2.86 bits per heavy atom. The monoisotopic (exact) mass is 190 g/mol. The Morgan fingerprint density at radius 2 is 2.14 bits per heavy atom. The SMILES string of the molecule is CCN1C(=O)c2ccccc2NC1C. The molecule has 1 aliphatic heterocycles. The minimum Gasteiger partial charge on any atom is -0.365 e. The number of benzene rings is 1. The molecule has 74 valence electrons. The summed E-state index contributed by atoms with van der Waals surface area (Å²) >= 11 is 0. The molecule has 1 amide bonds. The zero-order chi connectivity index (χ0) is 10.1. The van der Waals surface area contributed by atoms with Crippen molar-refractivity contribution in [2.45, 2.75) is 20.0 Å². The highest BCUT2D eigenvalue weighted by atomic mass is 16.2. The van der Waals surface area contributed by atoms with Gasteiger partial charge in [-0.2, -0.15) is 0 Å². The summed E-state index contributed by atoms with van der Waals surface area (Å²) in [6.45, 7) is 4.72. The highest BCUT2D eigenvalue weighted by molar-refractivity contribution is 6.01. The first kappa shape index (κ1) is 9.06. The molecule has 1 aromatic carbocycles. The van der Waals surface area contributed by atoms with Gasteiger partial charge in [0.1, 0.15) is 0 Å². The average molecular weight is 190 g/mol. The van der Waals surface area contributed by atoms with Gasteiger partial charge < -0.3 is 10.2 Å². The number of amides is 1. The van der Waals surface area contributed by atoms with E-state index in [-0.39, 0.29) is 12.1 Å². The van der Waals surface area contributed by atoms with Crippen molar-refractivity contribution in [3.8, 4) is 0 Å². The molecule has 3 heteroatoms. The van der Waals surface area contributed by atoms with Crippen LogP contribution in [0.4, 0.5) is 5.69 Å². The van der Waals surface area contributed by atoms with Gasteiger partial charge in [-0.15, -0.1) is 0 Å². The summed E-state index contributed by atoms with van der Waals surface area (Å²) in [6.07, 6.45) is 0.0856. The number of nitrogens with zero attached hydrogens (tertiary/aromatic N) is 1. The molecule has 0 spiro atoms. The van der Waals surface area contributed by atoms with Crippen molar-refractivity contribution in [3.63, 3.8) is 0 Å². The van der Waals surface area contributed by atoms with Gasteiger partial charge in [0.05, 0.1) is 11.7 Å². The van der Waals surface area contributed by atoms with E-state index >= 15 is 0 Å². The van der Waals surface area contributed by atoms with E-state index in [1.54, 1.807) is 0 Å². The smallest absolute Gasteiger partial charge is 0.257 e. The van der Waals surface area contributed by atoms with Crippen molar-refractivity contribution in [2.75, 3.05) is 11.9 Å². The fraction of sp³-hybridized carbons (Fsp3) is 0.364. The van der Waals surface area contributed by atoms with Crippen LogP contribution in [0.1, 0.15) is 24.2 Å². The van der Waals surface area contributed by atoms with Gasteiger partial charge >= 0.3 is 0 Å². The number of fused-ring (bicyclic) bond motifs is 1. The lowest BCUT2D eigenvalue weighted by Crippen LogP contribution is -2.46. The van der Waals surface area contributed by atoms with Crippen LogP contribution < -0.4 is 5.32 Å². The van der Waals surface area contributed by atoms with Gasteiger partial charge in [0, 0.05) is 12.2 Å². The van der Waals surface area contributed by atoms with Crippen LogP contribution in [-0.4, -0.2) is 23.5 Å². The van der Waals surface area contributed by atoms with Gasteiger partial charge in [0.25, 0.3) is 5.91 Å². The Hall–Kier alpha value is -1.51. The predicted octanol–water partition coefficient (Wildman–Crippen LogP) is 1.92. The number of para-hydroxylation sites is 1. The van der Waals surface area contributed by atoms with E-state index in [1.807, 2.05) is 43.0 Å². The summed E-state index contributed by atoms with van der Waals surface area (Å²) < 4.78 is 0. The van der Waals surface area contributed by atoms with Crippen LogP contribution >= 0.6 is 0 Å². The number of carbonyl (C=O) groups is 1. The first-order valence-corrected chi connectivity index (χ1v) is 4.90. The van der Waals surface area contributed by atoms with Crippen LogP contribution in [0.5, 0.6) is 0 Å². The second-order valence-corrected chi connectivity index (χ2v) is 3.46. The number of anilines is 1. The van der Waals surface area contributed by atoms with E-state index in [0.717, 1.165) is 17.8 Å². The van der Waals surface area contributed by atoms with E-state index in [4.69, 9.17) is 0 Å².